The lowest BCUT2D eigenvalue weighted by Gasteiger charge is -2.37. The maximum atomic E-state index is 12.1. The molecule has 0 spiro atoms. The molecule has 1 heterocycles. The summed E-state index contributed by atoms with van der Waals surface area (Å²) in [7, 11) is 2.02. The second-order valence-corrected chi connectivity index (χ2v) is 6.59. The number of amides is 2. The molecule has 0 aromatic rings. The molecule has 2 rings (SSSR count). The van der Waals surface area contributed by atoms with Gasteiger partial charge in [0, 0.05) is 12.6 Å². The van der Waals surface area contributed by atoms with E-state index in [2.05, 4.69) is 22.5 Å². The fourth-order valence-electron chi connectivity index (χ4n) is 3.46. The van der Waals surface area contributed by atoms with Gasteiger partial charge in [0.1, 0.15) is 5.54 Å². The Balaban J connectivity index is 1.90. The highest BCUT2D eigenvalue weighted by Gasteiger charge is 2.43. The Kier molecular flexibility index (Phi) is 5.08. The molecular weight excluding hydrogens is 270 g/mol. The fraction of sp³-hybridized carbons (Fsp3) is 0.867. The van der Waals surface area contributed by atoms with E-state index in [-0.39, 0.29) is 12.1 Å². The largest absolute Gasteiger partial charge is 0.480 e. The highest BCUT2D eigenvalue weighted by Crippen LogP contribution is 2.34. The summed E-state index contributed by atoms with van der Waals surface area (Å²) in [6.45, 7) is 3.92. The Morgan fingerprint density at radius 2 is 1.95 bits per heavy atom. The quantitative estimate of drug-likeness (QED) is 0.733. The molecule has 3 N–H and O–H groups in total. The van der Waals surface area contributed by atoms with E-state index in [1.54, 1.807) is 0 Å². The van der Waals surface area contributed by atoms with Gasteiger partial charge in [0.05, 0.1) is 0 Å². The van der Waals surface area contributed by atoms with E-state index in [1.165, 1.54) is 0 Å². The van der Waals surface area contributed by atoms with Crippen molar-refractivity contribution in [2.45, 2.75) is 57.0 Å². The Bertz CT molecular complexity index is 392. The first-order chi connectivity index (χ1) is 9.95. The minimum absolute atomic E-state index is 0.118. The van der Waals surface area contributed by atoms with Gasteiger partial charge in [-0.25, -0.2) is 9.59 Å². The average molecular weight is 297 g/mol. The lowest BCUT2D eigenvalue weighted by atomic mass is 9.75. The molecular formula is C15H27N3O3. The Hall–Kier alpha value is -1.30. The molecule has 120 valence electrons. The van der Waals surface area contributed by atoms with Crippen LogP contribution in [0.15, 0.2) is 0 Å². The van der Waals surface area contributed by atoms with Crippen LogP contribution in [0.25, 0.3) is 0 Å². The van der Waals surface area contributed by atoms with Gasteiger partial charge in [0.25, 0.3) is 0 Å². The fourth-order valence-corrected chi connectivity index (χ4v) is 3.46. The zero-order valence-electron chi connectivity index (χ0n) is 13.0. The molecule has 0 aromatic carbocycles. The predicted molar refractivity (Wildman–Crippen MR) is 80.2 cm³/mol. The second-order valence-electron chi connectivity index (χ2n) is 6.59. The van der Waals surface area contributed by atoms with E-state index in [9.17, 15) is 14.7 Å². The van der Waals surface area contributed by atoms with E-state index < -0.39 is 11.5 Å². The lowest BCUT2D eigenvalue weighted by Crippen LogP contribution is -2.59. The van der Waals surface area contributed by atoms with Gasteiger partial charge in [0.15, 0.2) is 0 Å². The number of urea groups is 1. The Morgan fingerprint density at radius 1 is 1.29 bits per heavy atom. The maximum absolute atomic E-state index is 12.1. The van der Waals surface area contributed by atoms with Crippen LogP contribution in [0.5, 0.6) is 0 Å². The summed E-state index contributed by atoms with van der Waals surface area (Å²) in [4.78, 5) is 25.9. The molecule has 1 atom stereocenters. The second kappa shape index (κ2) is 6.64. The molecule has 1 aliphatic heterocycles. The van der Waals surface area contributed by atoms with Crippen LogP contribution in [0.2, 0.25) is 0 Å². The van der Waals surface area contributed by atoms with Crippen molar-refractivity contribution in [2.75, 3.05) is 20.1 Å². The number of carbonyl (C=O) groups excluding carboxylic acids is 1. The van der Waals surface area contributed by atoms with Gasteiger partial charge < -0.3 is 20.6 Å². The molecule has 2 fully saturated rings. The summed E-state index contributed by atoms with van der Waals surface area (Å²) in [5.74, 6) is -0.318. The monoisotopic (exact) mass is 297 g/mol. The minimum Gasteiger partial charge on any atom is -0.480 e. The van der Waals surface area contributed by atoms with Gasteiger partial charge in [-0.3, -0.25) is 0 Å². The molecule has 6 heteroatoms. The number of carboxylic acid groups (broad SMARTS) is 1. The number of likely N-dealkylation sites (N-methyl/N-ethyl adjacent to an activating group) is 1. The van der Waals surface area contributed by atoms with E-state index in [1.807, 2.05) is 7.05 Å². The van der Waals surface area contributed by atoms with Crippen molar-refractivity contribution >= 4 is 12.0 Å². The van der Waals surface area contributed by atoms with E-state index in [0.29, 0.717) is 18.8 Å². The van der Waals surface area contributed by atoms with Crippen molar-refractivity contribution in [3.05, 3.63) is 0 Å². The SMILES string of the molecule is CCC1CCC(NC(=O)NC2CCN(C)C2)(C(=O)O)CC1. The van der Waals surface area contributed by atoms with E-state index in [4.69, 9.17) is 0 Å². The third-order valence-corrected chi connectivity index (χ3v) is 5.02. The summed E-state index contributed by atoms with van der Waals surface area (Å²) < 4.78 is 0. The molecule has 6 nitrogen and oxygen atoms in total. The van der Waals surface area contributed by atoms with Crippen LogP contribution in [0, 0.1) is 5.92 Å². The number of carboxylic acids is 1. The molecule has 0 aromatic heterocycles. The molecule has 0 bridgehead atoms. The number of nitrogens with zero attached hydrogens (tertiary/aromatic N) is 1. The van der Waals surface area contributed by atoms with Gasteiger partial charge in [-0.05, 0) is 51.6 Å². The van der Waals surface area contributed by atoms with E-state index >= 15 is 0 Å². The third-order valence-electron chi connectivity index (χ3n) is 5.02. The van der Waals surface area contributed by atoms with Crippen LogP contribution in [-0.2, 0) is 4.79 Å². The molecule has 2 aliphatic rings. The van der Waals surface area contributed by atoms with Gasteiger partial charge in [-0.1, -0.05) is 13.3 Å². The number of aliphatic carboxylic acids is 1. The number of nitrogens with one attached hydrogen (secondary N) is 2. The molecule has 2 amide bonds. The van der Waals surface area contributed by atoms with Crippen LogP contribution in [0.4, 0.5) is 4.79 Å². The number of rotatable bonds is 4. The molecule has 1 aliphatic carbocycles. The van der Waals surface area contributed by atoms with E-state index in [0.717, 1.165) is 38.8 Å². The molecule has 1 saturated heterocycles. The standard InChI is InChI=1S/C15H27N3O3/c1-3-11-4-7-15(8-5-11,13(19)20)17-14(21)16-12-6-9-18(2)10-12/h11-12H,3-10H2,1-2H3,(H,19,20)(H2,16,17,21). The summed E-state index contributed by atoms with van der Waals surface area (Å²) >= 11 is 0. The summed E-state index contributed by atoms with van der Waals surface area (Å²) in [5, 5.41) is 15.2. The maximum Gasteiger partial charge on any atom is 0.329 e. The topological polar surface area (TPSA) is 81.7 Å². The Labute approximate surface area is 126 Å². The van der Waals surface area contributed by atoms with Crippen LogP contribution < -0.4 is 10.6 Å². The van der Waals surface area contributed by atoms with Crippen molar-refractivity contribution in [3.63, 3.8) is 0 Å². The molecule has 1 unspecified atom stereocenters. The number of likely N-dealkylation sites (tertiary alicyclic amines) is 1. The molecule has 1 saturated carbocycles. The first kappa shape index (κ1) is 16.1. The summed E-state index contributed by atoms with van der Waals surface area (Å²) in [5.41, 5.74) is -1.08. The number of hydrogen-bond acceptors (Lipinski definition) is 3. The first-order valence-electron chi connectivity index (χ1n) is 7.96. The third kappa shape index (κ3) is 3.87. The van der Waals surface area contributed by atoms with Crippen molar-refractivity contribution in [1.29, 1.82) is 0 Å². The van der Waals surface area contributed by atoms with Gasteiger partial charge in [-0.2, -0.15) is 0 Å². The van der Waals surface area contributed by atoms with Gasteiger partial charge >= 0.3 is 12.0 Å². The minimum atomic E-state index is -1.08. The van der Waals surface area contributed by atoms with Crippen LogP contribution in [0.3, 0.4) is 0 Å². The Morgan fingerprint density at radius 3 is 2.43 bits per heavy atom. The highest BCUT2D eigenvalue weighted by molar-refractivity contribution is 5.86. The average Bonchev–Trinajstić information content (AvgIpc) is 2.84. The molecule has 0 radical (unpaired) electrons. The van der Waals surface area contributed by atoms with Crippen LogP contribution in [0.1, 0.15) is 45.4 Å². The predicted octanol–water partition coefficient (Wildman–Crippen LogP) is 1.41. The van der Waals surface area contributed by atoms with Crippen molar-refractivity contribution in [2.24, 2.45) is 5.92 Å². The zero-order valence-corrected chi connectivity index (χ0v) is 13.0. The van der Waals surface area contributed by atoms with Gasteiger partial charge in [-0.15, -0.1) is 0 Å². The highest BCUT2D eigenvalue weighted by atomic mass is 16.4. The molecule has 21 heavy (non-hydrogen) atoms. The summed E-state index contributed by atoms with van der Waals surface area (Å²) in [6, 6.07) is -0.222. The van der Waals surface area contributed by atoms with Crippen molar-refractivity contribution in [3.8, 4) is 0 Å². The normalized spacial score (nSPS) is 33.6. The number of hydrogen-bond donors (Lipinski definition) is 3. The zero-order chi connectivity index (χ0) is 15.5. The van der Waals surface area contributed by atoms with Crippen LogP contribution in [-0.4, -0.2) is 53.7 Å². The lowest BCUT2D eigenvalue weighted by molar-refractivity contribution is -0.146. The first-order valence-corrected chi connectivity index (χ1v) is 7.96. The van der Waals surface area contributed by atoms with Gasteiger partial charge in [0.2, 0.25) is 0 Å². The van der Waals surface area contributed by atoms with Crippen molar-refractivity contribution in [1.82, 2.24) is 15.5 Å². The van der Waals surface area contributed by atoms with Crippen molar-refractivity contribution < 1.29 is 14.7 Å². The number of carbonyl (C=O) groups is 2. The smallest absolute Gasteiger partial charge is 0.329 e. The summed E-state index contributed by atoms with van der Waals surface area (Å²) in [6.07, 6.45) is 4.79. The van der Waals surface area contributed by atoms with Crippen LogP contribution >= 0.6 is 0 Å².